The van der Waals surface area contributed by atoms with Crippen molar-refractivity contribution in [3.05, 3.63) is 98.4 Å². The van der Waals surface area contributed by atoms with E-state index in [0.717, 1.165) is 11.8 Å². The highest BCUT2D eigenvalue weighted by Gasteiger charge is 2.24. The standard InChI is InChI=1S/C25H24ClF2N5O3/c1-13-10-30-18(17-5-6-29-24(32-17)25(3,4)35)9-20(13)33-14(2)7-21(22(26)23(33)34)36-12-19-16(28)8-15(27)11-31-19/h5-11,18,30,35H,12H2,1-4H3. The van der Waals surface area contributed by atoms with E-state index in [9.17, 15) is 18.7 Å². The number of dihydropyridines is 1. The number of nitrogens with one attached hydrogen (secondary N) is 1. The van der Waals surface area contributed by atoms with Crippen LogP contribution >= 0.6 is 11.6 Å². The molecule has 4 rings (SSSR count). The maximum atomic E-state index is 13.9. The van der Waals surface area contributed by atoms with Crippen LogP contribution in [0.25, 0.3) is 5.70 Å². The summed E-state index contributed by atoms with van der Waals surface area (Å²) in [4.78, 5) is 25.6. The van der Waals surface area contributed by atoms with Crippen LogP contribution in [0.15, 0.2) is 53.2 Å². The van der Waals surface area contributed by atoms with Gasteiger partial charge in [-0.1, -0.05) is 11.6 Å². The zero-order valence-electron chi connectivity index (χ0n) is 20.0. The Morgan fingerprint density at radius 3 is 2.69 bits per heavy atom. The van der Waals surface area contributed by atoms with Crippen molar-refractivity contribution in [1.29, 1.82) is 0 Å². The van der Waals surface area contributed by atoms with Crippen molar-refractivity contribution in [3.63, 3.8) is 0 Å². The Bertz CT molecular complexity index is 1450. The van der Waals surface area contributed by atoms with Gasteiger partial charge in [-0.25, -0.2) is 18.7 Å². The number of aryl methyl sites for hydroxylation is 1. The zero-order valence-corrected chi connectivity index (χ0v) is 20.8. The lowest BCUT2D eigenvalue weighted by molar-refractivity contribution is 0.0683. The zero-order chi connectivity index (χ0) is 26.2. The molecule has 3 aromatic heterocycles. The number of aliphatic hydroxyl groups is 1. The molecule has 0 aromatic carbocycles. The molecule has 1 aliphatic heterocycles. The fourth-order valence-electron chi connectivity index (χ4n) is 3.67. The monoisotopic (exact) mass is 515 g/mol. The van der Waals surface area contributed by atoms with E-state index in [0.29, 0.717) is 23.2 Å². The fourth-order valence-corrected chi connectivity index (χ4v) is 3.86. The molecule has 0 saturated heterocycles. The lowest BCUT2D eigenvalue weighted by Crippen LogP contribution is -2.28. The lowest BCUT2D eigenvalue weighted by Gasteiger charge is -2.25. The lowest BCUT2D eigenvalue weighted by atomic mass is 10.0. The Morgan fingerprint density at radius 2 is 2.00 bits per heavy atom. The van der Waals surface area contributed by atoms with E-state index in [4.69, 9.17) is 16.3 Å². The number of nitrogens with zero attached hydrogens (tertiary/aromatic N) is 4. The largest absolute Gasteiger partial charge is 0.485 e. The predicted molar refractivity (Wildman–Crippen MR) is 130 cm³/mol. The van der Waals surface area contributed by atoms with E-state index in [1.807, 2.05) is 13.0 Å². The number of hydrogen-bond acceptors (Lipinski definition) is 7. The minimum Gasteiger partial charge on any atom is -0.485 e. The third-order valence-electron chi connectivity index (χ3n) is 5.54. The van der Waals surface area contributed by atoms with Crippen molar-refractivity contribution < 1.29 is 18.6 Å². The molecule has 0 radical (unpaired) electrons. The molecular formula is C25H24ClF2N5O3. The summed E-state index contributed by atoms with van der Waals surface area (Å²) < 4.78 is 34.0. The van der Waals surface area contributed by atoms with Gasteiger partial charge in [-0.05, 0) is 45.4 Å². The Labute approximate surface area is 211 Å². The Kier molecular flexibility index (Phi) is 6.92. The van der Waals surface area contributed by atoms with Crippen LogP contribution < -0.4 is 15.6 Å². The first-order valence-electron chi connectivity index (χ1n) is 11.0. The maximum Gasteiger partial charge on any atom is 0.277 e. The highest BCUT2D eigenvalue weighted by atomic mass is 35.5. The van der Waals surface area contributed by atoms with Crippen LogP contribution in [0.4, 0.5) is 8.78 Å². The Balaban J connectivity index is 1.67. The van der Waals surface area contributed by atoms with Gasteiger partial charge in [-0.2, -0.15) is 0 Å². The summed E-state index contributed by atoms with van der Waals surface area (Å²) in [6, 6.07) is 3.58. The van der Waals surface area contributed by atoms with Gasteiger partial charge in [0, 0.05) is 30.2 Å². The van der Waals surface area contributed by atoms with Crippen molar-refractivity contribution in [2.45, 2.75) is 45.9 Å². The topological polar surface area (TPSA) is 102 Å². The second kappa shape index (κ2) is 9.79. The summed E-state index contributed by atoms with van der Waals surface area (Å²) in [5.74, 6) is -1.34. The average Bonchev–Trinajstić information content (AvgIpc) is 2.82. The first kappa shape index (κ1) is 25.5. The number of aromatic nitrogens is 4. The summed E-state index contributed by atoms with van der Waals surface area (Å²) in [6.07, 6.45) is 6.03. The second-order valence-electron chi connectivity index (χ2n) is 8.86. The number of rotatable bonds is 6. The highest BCUT2D eigenvalue weighted by molar-refractivity contribution is 6.31. The quantitative estimate of drug-likeness (QED) is 0.508. The second-order valence-corrected chi connectivity index (χ2v) is 9.24. The van der Waals surface area contributed by atoms with Gasteiger partial charge < -0.3 is 15.2 Å². The van der Waals surface area contributed by atoms with Crippen LogP contribution in [0.2, 0.25) is 5.02 Å². The SMILES string of the molecule is CC1=CNC(c2ccnc(C(C)(C)O)n2)C=C1n1c(C)cc(OCc2ncc(F)cc2F)c(Cl)c1=O. The smallest absolute Gasteiger partial charge is 0.277 e. The van der Waals surface area contributed by atoms with Gasteiger partial charge in [-0.15, -0.1) is 0 Å². The first-order chi connectivity index (χ1) is 17.0. The van der Waals surface area contributed by atoms with Gasteiger partial charge >= 0.3 is 0 Å². The Hall–Kier alpha value is -3.63. The molecule has 4 heterocycles. The third-order valence-corrected chi connectivity index (χ3v) is 5.89. The molecule has 0 saturated carbocycles. The van der Waals surface area contributed by atoms with E-state index in [2.05, 4.69) is 20.3 Å². The molecule has 36 heavy (non-hydrogen) atoms. The molecule has 2 N–H and O–H groups in total. The highest BCUT2D eigenvalue weighted by Crippen LogP contribution is 2.30. The summed E-state index contributed by atoms with van der Waals surface area (Å²) in [5.41, 5.74) is 0.623. The van der Waals surface area contributed by atoms with Gasteiger partial charge in [0.1, 0.15) is 34.5 Å². The van der Waals surface area contributed by atoms with Crippen molar-refractivity contribution in [2.75, 3.05) is 0 Å². The molecule has 0 aliphatic carbocycles. The van der Waals surface area contributed by atoms with E-state index >= 15 is 0 Å². The fraction of sp³-hybridized carbons (Fsp3) is 0.280. The summed E-state index contributed by atoms with van der Waals surface area (Å²) >= 11 is 6.35. The molecule has 3 aromatic rings. The molecule has 1 unspecified atom stereocenters. The third kappa shape index (κ3) is 5.14. The van der Waals surface area contributed by atoms with Gasteiger partial charge in [0.15, 0.2) is 11.6 Å². The van der Waals surface area contributed by atoms with E-state index < -0.39 is 28.8 Å². The molecule has 0 amide bonds. The predicted octanol–water partition coefficient (Wildman–Crippen LogP) is 4.17. The molecule has 0 bridgehead atoms. The van der Waals surface area contributed by atoms with Crippen LogP contribution in [0.5, 0.6) is 5.75 Å². The molecule has 8 nitrogen and oxygen atoms in total. The molecule has 188 valence electrons. The van der Waals surface area contributed by atoms with Crippen molar-refractivity contribution in [1.82, 2.24) is 24.8 Å². The van der Waals surface area contributed by atoms with Crippen LogP contribution in [0.3, 0.4) is 0 Å². The average molecular weight is 516 g/mol. The Morgan fingerprint density at radius 1 is 1.25 bits per heavy atom. The molecular weight excluding hydrogens is 492 g/mol. The van der Waals surface area contributed by atoms with E-state index in [-0.39, 0.29) is 28.9 Å². The summed E-state index contributed by atoms with van der Waals surface area (Å²) in [7, 11) is 0. The van der Waals surface area contributed by atoms with E-state index in [1.165, 1.54) is 4.57 Å². The molecule has 11 heteroatoms. The van der Waals surface area contributed by atoms with Crippen molar-refractivity contribution in [3.8, 4) is 5.75 Å². The number of hydrogen-bond donors (Lipinski definition) is 2. The summed E-state index contributed by atoms with van der Waals surface area (Å²) in [5, 5.41) is 13.3. The van der Waals surface area contributed by atoms with E-state index in [1.54, 1.807) is 45.3 Å². The van der Waals surface area contributed by atoms with Crippen LogP contribution in [-0.4, -0.2) is 24.6 Å². The maximum absolute atomic E-state index is 13.9. The van der Waals surface area contributed by atoms with Gasteiger partial charge in [0.05, 0.1) is 23.6 Å². The molecule has 1 aliphatic rings. The first-order valence-corrected chi connectivity index (χ1v) is 11.4. The number of pyridine rings is 2. The minimum absolute atomic E-state index is 0.0549. The van der Waals surface area contributed by atoms with Crippen molar-refractivity contribution >= 4 is 17.3 Å². The van der Waals surface area contributed by atoms with Crippen LogP contribution in [0, 0.1) is 18.6 Å². The molecule has 0 spiro atoms. The molecule has 1 atom stereocenters. The number of halogens is 3. The minimum atomic E-state index is -1.22. The summed E-state index contributed by atoms with van der Waals surface area (Å²) in [6.45, 7) is 6.41. The number of ether oxygens (including phenoxy) is 1. The van der Waals surface area contributed by atoms with Gasteiger partial charge in [-0.3, -0.25) is 14.3 Å². The molecule has 0 fully saturated rings. The van der Waals surface area contributed by atoms with Crippen LogP contribution in [-0.2, 0) is 12.2 Å². The van der Waals surface area contributed by atoms with Gasteiger partial charge in [0.2, 0.25) is 0 Å². The number of allylic oxidation sites excluding steroid dienone is 2. The van der Waals surface area contributed by atoms with Crippen molar-refractivity contribution in [2.24, 2.45) is 0 Å². The van der Waals surface area contributed by atoms with Crippen LogP contribution in [0.1, 0.15) is 49.7 Å². The van der Waals surface area contributed by atoms with Gasteiger partial charge in [0.25, 0.3) is 5.56 Å². The normalized spacial score (nSPS) is 15.7.